The Balaban J connectivity index is 1.76. The summed E-state index contributed by atoms with van der Waals surface area (Å²) < 4.78 is 5.47. The normalized spacial score (nSPS) is 10.6. The van der Waals surface area contributed by atoms with Crippen LogP contribution in [0.4, 0.5) is 5.69 Å². The Morgan fingerprint density at radius 1 is 1.07 bits per heavy atom. The Labute approximate surface area is 166 Å². The van der Waals surface area contributed by atoms with Crippen molar-refractivity contribution in [2.45, 2.75) is 26.3 Å². The molecular formula is C22H29N3O3. The smallest absolute Gasteiger partial charge is 0.255 e. The van der Waals surface area contributed by atoms with E-state index < -0.39 is 0 Å². The fourth-order valence-corrected chi connectivity index (χ4v) is 2.82. The maximum Gasteiger partial charge on any atom is 0.255 e. The number of nitrogens with zero attached hydrogens (tertiary/aromatic N) is 1. The van der Waals surface area contributed by atoms with Crippen LogP contribution in [0.2, 0.25) is 0 Å². The Morgan fingerprint density at radius 2 is 1.86 bits per heavy atom. The zero-order valence-corrected chi connectivity index (χ0v) is 16.8. The maximum absolute atomic E-state index is 12.3. The zero-order chi connectivity index (χ0) is 20.4. The van der Waals surface area contributed by atoms with Gasteiger partial charge in [-0.1, -0.05) is 24.3 Å². The van der Waals surface area contributed by atoms with E-state index in [1.54, 1.807) is 18.2 Å². The first-order valence-corrected chi connectivity index (χ1v) is 9.53. The van der Waals surface area contributed by atoms with Crippen molar-refractivity contribution in [3.8, 4) is 5.75 Å². The molecule has 0 saturated carbocycles. The van der Waals surface area contributed by atoms with Crippen LogP contribution in [0.15, 0.2) is 48.5 Å². The third kappa shape index (κ3) is 7.04. The molecule has 0 saturated heterocycles. The molecule has 0 unspecified atom stereocenters. The molecule has 0 fully saturated rings. The summed E-state index contributed by atoms with van der Waals surface area (Å²) in [5.41, 5.74) is 2.44. The van der Waals surface area contributed by atoms with Gasteiger partial charge in [0.15, 0.2) is 0 Å². The molecule has 6 heteroatoms. The number of ether oxygens (including phenoxy) is 1. The van der Waals surface area contributed by atoms with Gasteiger partial charge in [-0.2, -0.15) is 0 Å². The maximum atomic E-state index is 12.3. The lowest BCUT2D eigenvalue weighted by Gasteiger charge is -2.12. The summed E-state index contributed by atoms with van der Waals surface area (Å²) in [6.07, 6.45) is 0.900. The van der Waals surface area contributed by atoms with Gasteiger partial charge in [0.05, 0.1) is 12.2 Å². The second-order valence-corrected chi connectivity index (χ2v) is 6.77. The van der Waals surface area contributed by atoms with E-state index in [0.29, 0.717) is 37.3 Å². The Morgan fingerprint density at radius 3 is 2.61 bits per heavy atom. The molecule has 2 rings (SSSR count). The van der Waals surface area contributed by atoms with Gasteiger partial charge < -0.3 is 20.3 Å². The first-order valence-electron chi connectivity index (χ1n) is 9.53. The number of anilines is 1. The first-order chi connectivity index (χ1) is 13.5. The number of nitrogens with one attached hydrogen (secondary N) is 2. The van der Waals surface area contributed by atoms with Crippen LogP contribution >= 0.6 is 0 Å². The highest BCUT2D eigenvalue weighted by Crippen LogP contribution is 2.17. The molecule has 2 aromatic rings. The van der Waals surface area contributed by atoms with Crippen LogP contribution in [0.25, 0.3) is 0 Å². The van der Waals surface area contributed by atoms with E-state index in [9.17, 15) is 9.59 Å². The van der Waals surface area contributed by atoms with Crippen LogP contribution in [-0.2, 0) is 11.3 Å². The van der Waals surface area contributed by atoms with E-state index in [4.69, 9.17) is 4.74 Å². The molecule has 0 bridgehead atoms. The number of rotatable bonds is 10. The fraction of sp³-hybridized carbons (Fsp3) is 0.364. The van der Waals surface area contributed by atoms with Crippen LogP contribution in [0.3, 0.4) is 0 Å². The largest absolute Gasteiger partial charge is 0.493 e. The van der Waals surface area contributed by atoms with E-state index in [0.717, 1.165) is 17.8 Å². The molecule has 6 nitrogen and oxygen atoms in total. The summed E-state index contributed by atoms with van der Waals surface area (Å²) in [5, 5.41) is 5.75. The lowest BCUT2D eigenvalue weighted by Crippen LogP contribution is -2.26. The van der Waals surface area contributed by atoms with E-state index in [-0.39, 0.29) is 11.8 Å². The average molecular weight is 383 g/mol. The average Bonchev–Trinajstić information content (AvgIpc) is 2.65. The van der Waals surface area contributed by atoms with E-state index in [1.807, 2.05) is 51.4 Å². The molecule has 0 aromatic heterocycles. The molecule has 2 N–H and O–H groups in total. The van der Waals surface area contributed by atoms with Gasteiger partial charge in [0.25, 0.3) is 5.91 Å². The number of benzene rings is 2. The van der Waals surface area contributed by atoms with Gasteiger partial charge in [-0.05, 0) is 57.3 Å². The fourth-order valence-electron chi connectivity index (χ4n) is 2.82. The highest BCUT2D eigenvalue weighted by molar-refractivity contribution is 5.97. The summed E-state index contributed by atoms with van der Waals surface area (Å²) in [4.78, 5) is 26.5. The molecule has 0 atom stereocenters. The molecule has 0 aliphatic rings. The van der Waals surface area contributed by atoms with Crippen molar-refractivity contribution in [3.63, 3.8) is 0 Å². The van der Waals surface area contributed by atoms with Crippen LogP contribution < -0.4 is 15.4 Å². The van der Waals surface area contributed by atoms with Crippen molar-refractivity contribution in [3.05, 3.63) is 59.7 Å². The van der Waals surface area contributed by atoms with Gasteiger partial charge in [-0.3, -0.25) is 9.59 Å². The number of amides is 2. The molecular weight excluding hydrogens is 354 g/mol. The van der Waals surface area contributed by atoms with Crippen LogP contribution in [0, 0.1) is 0 Å². The summed E-state index contributed by atoms with van der Waals surface area (Å²) in [6, 6.07) is 15.0. The van der Waals surface area contributed by atoms with Crippen molar-refractivity contribution in [1.29, 1.82) is 0 Å². The minimum atomic E-state index is -0.194. The van der Waals surface area contributed by atoms with Gasteiger partial charge in [0.1, 0.15) is 5.75 Å². The second kappa shape index (κ2) is 11.1. The van der Waals surface area contributed by atoms with Crippen molar-refractivity contribution in [2.75, 3.05) is 32.6 Å². The van der Waals surface area contributed by atoms with Gasteiger partial charge >= 0.3 is 0 Å². The number of carbonyl (C=O) groups excluding carboxylic acids is 2. The van der Waals surface area contributed by atoms with Gasteiger partial charge in [-0.15, -0.1) is 0 Å². The quantitative estimate of drug-likeness (QED) is 0.618. The number of hydrogen-bond donors (Lipinski definition) is 2. The predicted octanol–water partition coefficient (Wildman–Crippen LogP) is 3.30. The Kier molecular flexibility index (Phi) is 8.49. The molecule has 0 aliphatic carbocycles. The molecule has 2 aromatic carbocycles. The number of carbonyl (C=O) groups is 2. The Bertz CT molecular complexity index is 790. The van der Waals surface area contributed by atoms with Gasteiger partial charge in [0.2, 0.25) is 5.91 Å². The minimum absolute atomic E-state index is 0.0639. The molecule has 0 heterocycles. The monoisotopic (exact) mass is 383 g/mol. The standard InChI is InChI=1S/C22H29N3O3/c1-4-28-20-12-6-5-11-19(20)22(27)23-14-8-13-21(26)24-18-10-7-9-17(15-18)16-25(2)3/h5-7,9-12,15H,4,8,13-14,16H2,1-3H3,(H,23,27)(H,24,26). The Hall–Kier alpha value is -2.86. The molecule has 0 spiro atoms. The molecule has 0 radical (unpaired) electrons. The molecule has 0 aliphatic heterocycles. The highest BCUT2D eigenvalue weighted by Gasteiger charge is 2.11. The van der Waals surface area contributed by atoms with Crippen molar-refractivity contribution >= 4 is 17.5 Å². The lowest BCUT2D eigenvalue weighted by molar-refractivity contribution is -0.116. The van der Waals surface area contributed by atoms with Crippen LogP contribution in [0.1, 0.15) is 35.7 Å². The predicted molar refractivity (Wildman–Crippen MR) is 112 cm³/mol. The summed E-state index contributed by atoms with van der Waals surface area (Å²) >= 11 is 0. The third-order valence-electron chi connectivity index (χ3n) is 4.01. The van der Waals surface area contributed by atoms with Crippen LogP contribution in [-0.4, -0.2) is 44.0 Å². The summed E-state index contributed by atoms with van der Waals surface area (Å²) in [7, 11) is 4.01. The number of hydrogen-bond acceptors (Lipinski definition) is 4. The van der Waals surface area contributed by atoms with E-state index in [2.05, 4.69) is 15.5 Å². The first kappa shape index (κ1) is 21.4. The van der Waals surface area contributed by atoms with E-state index >= 15 is 0 Å². The van der Waals surface area contributed by atoms with E-state index in [1.165, 1.54) is 0 Å². The molecule has 2 amide bonds. The third-order valence-corrected chi connectivity index (χ3v) is 4.01. The summed E-state index contributed by atoms with van der Waals surface area (Å²) in [6.45, 7) is 3.62. The number of para-hydroxylation sites is 1. The van der Waals surface area contributed by atoms with Crippen molar-refractivity contribution < 1.29 is 14.3 Å². The van der Waals surface area contributed by atoms with Crippen molar-refractivity contribution in [1.82, 2.24) is 10.2 Å². The van der Waals surface area contributed by atoms with Crippen LogP contribution in [0.5, 0.6) is 5.75 Å². The SMILES string of the molecule is CCOc1ccccc1C(=O)NCCCC(=O)Nc1cccc(CN(C)C)c1. The lowest BCUT2D eigenvalue weighted by atomic mass is 10.1. The topological polar surface area (TPSA) is 70.7 Å². The summed E-state index contributed by atoms with van der Waals surface area (Å²) in [5.74, 6) is 0.310. The molecule has 150 valence electrons. The minimum Gasteiger partial charge on any atom is -0.493 e. The second-order valence-electron chi connectivity index (χ2n) is 6.77. The van der Waals surface area contributed by atoms with Gasteiger partial charge in [0, 0.05) is 25.2 Å². The van der Waals surface area contributed by atoms with Crippen molar-refractivity contribution in [2.24, 2.45) is 0 Å². The molecule has 28 heavy (non-hydrogen) atoms. The highest BCUT2D eigenvalue weighted by atomic mass is 16.5. The van der Waals surface area contributed by atoms with Gasteiger partial charge in [-0.25, -0.2) is 0 Å². The zero-order valence-electron chi connectivity index (χ0n) is 16.8.